The summed E-state index contributed by atoms with van der Waals surface area (Å²) in [6.07, 6.45) is 1.03. The van der Waals surface area contributed by atoms with Crippen LogP contribution in [0.2, 0.25) is 0 Å². The maximum Gasteiger partial charge on any atom is 0.234 e. The Labute approximate surface area is 82.1 Å². The van der Waals surface area contributed by atoms with Crippen LogP contribution in [0.25, 0.3) is 0 Å². The first kappa shape index (κ1) is 8.94. The molecule has 1 unspecified atom stereocenters. The van der Waals surface area contributed by atoms with Crippen molar-refractivity contribution in [3.63, 3.8) is 0 Å². The van der Waals surface area contributed by atoms with Crippen LogP contribution >= 0.6 is 0 Å². The third kappa shape index (κ3) is 1.66. The minimum atomic E-state index is -0.188. The fourth-order valence-electron chi connectivity index (χ4n) is 1.64. The smallest absolute Gasteiger partial charge is 0.234 e. The van der Waals surface area contributed by atoms with E-state index < -0.39 is 0 Å². The minimum absolute atomic E-state index is 0.172. The molecule has 3 heteroatoms. The molecule has 1 aromatic carbocycles. The van der Waals surface area contributed by atoms with Crippen LogP contribution in [0.1, 0.15) is 24.3 Å². The van der Waals surface area contributed by atoms with Crippen molar-refractivity contribution in [3.8, 4) is 0 Å². The molecule has 3 nitrogen and oxygen atoms in total. The van der Waals surface area contributed by atoms with Crippen LogP contribution in [0.5, 0.6) is 0 Å². The van der Waals surface area contributed by atoms with Crippen molar-refractivity contribution in [2.45, 2.75) is 18.8 Å². The average Bonchev–Trinajstić information content (AvgIpc) is 2.19. The third-order valence-corrected chi connectivity index (χ3v) is 2.39. The van der Waals surface area contributed by atoms with E-state index in [2.05, 4.69) is 11.4 Å². The molecule has 0 aliphatic carbocycles. The highest BCUT2D eigenvalue weighted by Gasteiger charge is 2.27. The van der Waals surface area contributed by atoms with Gasteiger partial charge in [0.1, 0.15) is 0 Å². The van der Waals surface area contributed by atoms with Crippen molar-refractivity contribution >= 4 is 11.8 Å². The molecule has 71 valence electrons. The zero-order valence-corrected chi connectivity index (χ0v) is 7.62. The Morgan fingerprint density at radius 3 is 2.64 bits per heavy atom. The lowest BCUT2D eigenvalue weighted by Crippen LogP contribution is -2.39. The van der Waals surface area contributed by atoms with Crippen molar-refractivity contribution in [1.82, 2.24) is 5.32 Å². The highest BCUT2D eigenvalue weighted by atomic mass is 16.2. The first-order valence-corrected chi connectivity index (χ1v) is 4.57. The van der Waals surface area contributed by atoms with Gasteiger partial charge >= 0.3 is 0 Å². The standard InChI is InChI=1S/C11H10NO2/c13-10-7-6-9(11(14)12-10)8-4-2-1-3-5-8/h2-5,9H,6-7H2,(H,12,13,14). The van der Waals surface area contributed by atoms with E-state index >= 15 is 0 Å². The molecule has 0 aromatic heterocycles. The van der Waals surface area contributed by atoms with E-state index in [0.717, 1.165) is 5.56 Å². The van der Waals surface area contributed by atoms with E-state index in [1.807, 2.05) is 12.1 Å². The number of carbonyl (C=O) groups is 2. The lowest BCUT2D eigenvalue weighted by Gasteiger charge is -2.20. The summed E-state index contributed by atoms with van der Waals surface area (Å²) in [5, 5.41) is 2.34. The van der Waals surface area contributed by atoms with Crippen LogP contribution in [-0.2, 0) is 9.59 Å². The second-order valence-corrected chi connectivity index (χ2v) is 3.34. The summed E-state index contributed by atoms with van der Waals surface area (Å²) in [5.74, 6) is -0.538. The molecule has 2 amide bonds. The number of nitrogens with one attached hydrogen (secondary N) is 1. The van der Waals surface area contributed by atoms with Crippen molar-refractivity contribution in [2.75, 3.05) is 0 Å². The molecule has 14 heavy (non-hydrogen) atoms. The van der Waals surface area contributed by atoms with E-state index in [1.54, 1.807) is 12.1 Å². The van der Waals surface area contributed by atoms with E-state index in [1.165, 1.54) is 0 Å². The highest BCUT2D eigenvalue weighted by molar-refractivity contribution is 6.00. The lowest BCUT2D eigenvalue weighted by atomic mass is 9.91. The summed E-state index contributed by atoms with van der Waals surface area (Å²) < 4.78 is 0. The largest absolute Gasteiger partial charge is 0.296 e. The van der Waals surface area contributed by atoms with Crippen LogP contribution in [0.15, 0.2) is 24.3 Å². The molecule has 1 saturated heterocycles. The molecular formula is C11H10NO2. The Hall–Kier alpha value is -1.64. The molecule has 0 bridgehead atoms. The topological polar surface area (TPSA) is 46.2 Å². The van der Waals surface area contributed by atoms with Gasteiger partial charge in [0.2, 0.25) is 11.8 Å². The van der Waals surface area contributed by atoms with Gasteiger partial charge in [-0.3, -0.25) is 14.9 Å². The van der Waals surface area contributed by atoms with Gasteiger partial charge < -0.3 is 0 Å². The Balaban J connectivity index is 2.20. The van der Waals surface area contributed by atoms with Gasteiger partial charge in [-0.05, 0) is 18.1 Å². The predicted octanol–water partition coefficient (Wildman–Crippen LogP) is 1.01. The number of piperidine rings is 1. The van der Waals surface area contributed by atoms with Crippen molar-refractivity contribution in [3.05, 3.63) is 35.9 Å². The first-order valence-electron chi connectivity index (χ1n) is 4.57. The Morgan fingerprint density at radius 2 is 2.00 bits per heavy atom. The number of benzene rings is 1. The Morgan fingerprint density at radius 1 is 1.29 bits per heavy atom. The molecule has 0 saturated carbocycles. The van der Waals surface area contributed by atoms with Crippen LogP contribution in [-0.4, -0.2) is 11.8 Å². The van der Waals surface area contributed by atoms with Gasteiger partial charge in [0, 0.05) is 6.42 Å². The molecule has 1 N–H and O–H groups in total. The number of rotatable bonds is 1. The normalized spacial score (nSPS) is 21.9. The van der Waals surface area contributed by atoms with Crippen LogP contribution in [0.4, 0.5) is 0 Å². The molecule has 1 radical (unpaired) electrons. The Bertz CT molecular complexity index is 359. The van der Waals surface area contributed by atoms with Gasteiger partial charge in [-0.15, -0.1) is 0 Å². The van der Waals surface area contributed by atoms with E-state index in [0.29, 0.717) is 12.8 Å². The van der Waals surface area contributed by atoms with Crippen molar-refractivity contribution < 1.29 is 9.59 Å². The Kier molecular flexibility index (Phi) is 2.31. The zero-order valence-electron chi connectivity index (χ0n) is 7.62. The number of carbonyl (C=O) groups excluding carboxylic acids is 2. The fraction of sp³-hybridized carbons (Fsp3) is 0.273. The average molecular weight is 188 g/mol. The van der Waals surface area contributed by atoms with Crippen LogP contribution < -0.4 is 5.32 Å². The van der Waals surface area contributed by atoms with Gasteiger partial charge in [-0.25, -0.2) is 0 Å². The third-order valence-electron chi connectivity index (χ3n) is 2.39. The summed E-state index contributed by atoms with van der Waals surface area (Å²) in [7, 11) is 0. The second-order valence-electron chi connectivity index (χ2n) is 3.34. The molecule has 1 atom stereocenters. The van der Waals surface area contributed by atoms with E-state index in [9.17, 15) is 9.59 Å². The molecule has 1 fully saturated rings. The molecule has 0 spiro atoms. The SMILES string of the molecule is O=C1CCC(c2cc[c]cc2)C(=O)N1. The quantitative estimate of drug-likeness (QED) is 0.668. The summed E-state index contributed by atoms with van der Waals surface area (Å²) in [4.78, 5) is 22.4. The zero-order chi connectivity index (χ0) is 9.97. The molecule has 1 aromatic rings. The first-order chi connectivity index (χ1) is 6.77. The highest BCUT2D eigenvalue weighted by Crippen LogP contribution is 2.23. The van der Waals surface area contributed by atoms with Crippen molar-refractivity contribution in [1.29, 1.82) is 0 Å². The van der Waals surface area contributed by atoms with Gasteiger partial charge in [0.25, 0.3) is 0 Å². The molecule has 1 aliphatic heterocycles. The fourth-order valence-corrected chi connectivity index (χ4v) is 1.64. The molecule has 1 aliphatic rings. The number of hydrogen-bond acceptors (Lipinski definition) is 2. The number of amides is 2. The van der Waals surface area contributed by atoms with Crippen LogP contribution in [0.3, 0.4) is 0 Å². The number of hydrogen-bond donors (Lipinski definition) is 1. The maximum atomic E-state index is 11.5. The predicted molar refractivity (Wildman–Crippen MR) is 50.4 cm³/mol. The monoisotopic (exact) mass is 188 g/mol. The molecule has 1 heterocycles. The summed E-state index contributed by atoms with van der Waals surface area (Å²) in [5.41, 5.74) is 0.953. The molecule has 2 rings (SSSR count). The maximum absolute atomic E-state index is 11.5. The summed E-state index contributed by atoms with van der Waals surface area (Å²) >= 11 is 0. The number of imide groups is 1. The van der Waals surface area contributed by atoms with E-state index in [-0.39, 0.29) is 17.7 Å². The summed E-state index contributed by atoms with van der Waals surface area (Å²) in [6.45, 7) is 0. The summed E-state index contributed by atoms with van der Waals surface area (Å²) in [6, 6.07) is 10.2. The van der Waals surface area contributed by atoms with Crippen molar-refractivity contribution in [2.24, 2.45) is 0 Å². The van der Waals surface area contributed by atoms with Gasteiger partial charge in [-0.1, -0.05) is 24.3 Å². The van der Waals surface area contributed by atoms with Crippen LogP contribution in [0, 0.1) is 6.07 Å². The lowest BCUT2D eigenvalue weighted by molar-refractivity contribution is -0.134. The van der Waals surface area contributed by atoms with Gasteiger partial charge in [0.05, 0.1) is 5.92 Å². The van der Waals surface area contributed by atoms with E-state index in [4.69, 9.17) is 0 Å². The minimum Gasteiger partial charge on any atom is -0.296 e. The second kappa shape index (κ2) is 3.62. The van der Waals surface area contributed by atoms with Gasteiger partial charge in [-0.2, -0.15) is 0 Å². The molecular weight excluding hydrogens is 178 g/mol. The van der Waals surface area contributed by atoms with Gasteiger partial charge in [0.15, 0.2) is 0 Å².